The Morgan fingerprint density at radius 2 is 1.80 bits per heavy atom. The molecule has 35 heavy (non-hydrogen) atoms. The van der Waals surface area contributed by atoms with E-state index in [0.29, 0.717) is 6.04 Å². The largest absolute Gasteiger partial charge is 0.494 e. The Labute approximate surface area is 206 Å². The normalized spacial score (nSPS) is 13.6. The Bertz CT molecular complexity index is 1090. The van der Waals surface area contributed by atoms with Crippen LogP contribution in [0.4, 0.5) is 26.0 Å². The number of terminal acetylenes is 1. The van der Waals surface area contributed by atoms with E-state index in [4.69, 9.17) is 11.2 Å². The highest BCUT2D eigenvalue weighted by Gasteiger charge is 2.28. The Morgan fingerprint density at radius 1 is 1.11 bits per heavy atom. The molecule has 0 N–H and O–H groups in total. The molecule has 0 atom stereocenters. The fourth-order valence-electron chi connectivity index (χ4n) is 4.18. The second-order valence-electron chi connectivity index (χ2n) is 8.22. The van der Waals surface area contributed by atoms with Gasteiger partial charge in [0.1, 0.15) is 17.3 Å². The molecule has 3 heterocycles. The molecule has 0 bridgehead atoms. The lowest BCUT2D eigenvalue weighted by atomic mass is 10.0. The minimum atomic E-state index is -2.17. The molecule has 7 heteroatoms. The summed E-state index contributed by atoms with van der Waals surface area (Å²) < 4.78 is 26.3. The molecule has 1 aromatic carbocycles. The van der Waals surface area contributed by atoms with Gasteiger partial charge < -0.3 is 14.5 Å². The highest BCUT2D eigenvalue weighted by Crippen LogP contribution is 2.37. The van der Waals surface area contributed by atoms with E-state index in [9.17, 15) is 8.78 Å². The summed E-state index contributed by atoms with van der Waals surface area (Å²) in [5, 5.41) is 0. The Morgan fingerprint density at radius 3 is 2.34 bits per heavy atom. The van der Waals surface area contributed by atoms with Gasteiger partial charge in [-0.3, -0.25) is 4.98 Å². The number of nitrogens with zero attached hydrogens (tertiary/aromatic N) is 4. The number of halogens is 2. The summed E-state index contributed by atoms with van der Waals surface area (Å²) in [6, 6.07) is 15.1. The second kappa shape index (κ2) is 12.7. The molecule has 2 aromatic heterocycles. The number of aromatic nitrogens is 2. The van der Waals surface area contributed by atoms with Gasteiger partial charge in [-0.25, -0.2) is 13.8 Å². The van der Waals surface area contributed by atoms with Gasteiger partial charge in [0.2, 0.25) is 6.43 Å². The number of aryl methyl sites for hydroxylation is 1. The maximum Gasteiger partial charge on any atom is 0.235 e. The molecular formula is C28H32F2N4O. The zero-order valence-corrected chi connectivity index (χ0v) is 20.5. The zero-order chi connectivity index (χ0) is 25.2. The number of hydrogen-bond donors (Lipinski definition) is 0. The average molecular weight is 479 g/mol. The molecule has 0 aliphatic carbocycles. The molecule has 5 nitrogen and oxygen atoms in total. The van der Waals surface area contributed by atoms with Crippen molar-refractivity contribution in [2.45, 2.75) is 45.6 Å². The van der Waals surface area contributed by atoms with Gasteiger partial charge in [-0.05, 0) is 56.0 Å². The van der Waals surface area contributed by atoms with Crippen LogP contribution in [-0.4, -0.2) is 42.6 Å². The quantitative estimate of drug-likeness (QED) is 0.400. The topological polar surface area (TPSA) is 41.5 Å². The molecule has 0 amide bonds. The fourth-order valence-corrected chi connectivity index (χ4v) is 4.18. The van der Waals surface area contributed by atoms with Crippen molar-refractivity contribution < 1.29 is 13.5 Å². The molecule has 0 radical (unpaired) electrons. The lowest BCUT2D eigenvalue weighted by Crippen LogP contribution is -2.43. The van der Waals surface area contributed by atoms with Gasteiger partial charge in [-0.1, -0.05) is 25.0 Å². The minimum absolute atomic E-state index is 0.340. The molecule has 184 valence electrons. The molecule has 1 aliphatic rings. The van der Waals surface area contributed by atoms with Crippen LogP contribution < -0.4 is 14.5 Å². The van der Waals surface area contributed by atoms with Gasteiger partial charge in [-0.15, -0.1) is 6.42 Å². The molecule has 1 saturated heterocycles. The summed E-state index contributed by atoms with van der Waals surface area (Å²) in [5.41, 5.74) is 4.31. The van der Waals surface area contributed by atoms with Crippen LogP contribution >= 0.6 is 0 Å². The molecular weight excluding hydrogens is 446 g/mol. The van der Waals surface area contributed by atoms with E-state index in [0.717, 1.165) is 62.1 Å². The standard InChI is InChI=1S/C26H28N4O.C2H4F2/c1-4-20-6-9-22(10-7-20)30(24-19-27-15-12-25(24)31-3)23-13-16-29(17-14-23)26-11-8-21(5-2)18-28-26;1-2(3)4/h2,6-12,15,18-19,23H,4,13-14,16-17H2,1,3H3;2H,1H3. The predicted octanol–water partition coefficient (Wildman–Crippen LogP) is 6.11. The minimum Gasteiger partial charge on any atom is -0.494 e. The molecule has 0 spiro atoms. The predicted molar refractivity (Wildman–Crippen MR) is 138 cm³/mol. The van der Waals surface area contributed by atoms with E-state index in [-0.39, 0.29) is 0 Å². The third-order valence-electron chi connectivity index (χ3n) is 5.93. The first-order valence-electron chi connectivity index (χ1n) is 11.8. The van der Waals surface area contributed by atoms with E-state index >= 15 is 0 Å². The lowest BCUT2D eigenvalue weighted by molar-refractivity contribution is 0.171. The van der Waals surface area contributed by atoms with E-state index in [1.54, 1.807) is 19.5 Å². The third kappa shape index (κ3) is 6.92. The Balaban J connectivity index is 0.000000795. The molecule has 0 unspecified atom stereocenters. The lowest BCUT2D eigenvalue weighted by Gasteiger charge is -2.40. The van der Waals surface area contributed by atoms with Crippen LogP contribution in [0.2, 0.25) is 0 Å². The van der Waals surface area contributed by atoms with Crippen LogP contribution in [0.1, 0.15) is 37.8 Å². The maximum atomic E-state index is 10.3. The molecule has 1 fully saturated rings. The van der Waals surface area contributed by atoms with Crippen LogP contribution in [0, 0.1) is 12.3 Å². The monoisotopic (exact) mass is 478 g/mol. The van der Waals surface area contributed by atoms with E-state index in [2.05, 4.69) is 56.9 Å². The highest BCUT2D eigenvalue weighted by molar-refractivity contribution is 5.69. The Kier molecular flexibility index (Phi) is 9.42. The van der Waals surface area contributed by atoms with Gasteiger partial charge in [0, 0.05) is 48.8 Å². The van der Waals surface area contributed by atoms with Gasteiger partial charge >= 0.3 is 0 Å². The van der Waals surface area contributed by atoms with E-state index < -0.39 is 6.43 Å². The number of piperidine rings is 1. The van der Waals surface area contributed by atoms with Gasteiger partial charge in [0.05, 0.1) is 13.3 Å². The number of ether oxygens (including phenoxy) is 1. The SMILES string of the molecule is C#Cc1ccc(N2CCC(N(c3ccc(CC)cc3)c3cnccc3OC)CC2)nc1.CC(F)F. The fraction of sp³-hybridized carbons (Fsp3) is 0.357. The number of alkyl halides is 2. The van der Waals surface area contributed by atoms with E-state index in [1.165, 1.54) is 11.3 Å². The summed E-state index contributed by atoms with van der Waals surface area (Å²) in [4.78, 5) is 13.6. The van der Waals surface area contributed by atoms with E-state index in [1.807, 2.05) is 24.4 Å². The van der Waals surface area contributed by atoms with Crippen molar-refractivity contribution in [3.63, 3.8) is 0 Å². The van der Waals surface area contributed by atoms with Crippen molar-refractivity contribution in [3.8, 4) is 18.1 Å². The molecule has 3 aromatic rings. The zero-order valence-electron chi connectivity index (χ0n) is 20.5. The Hall–Kier alpha value is -3.66. The molecule has 4 rings (SSSR count). The summed E-state index contributed by atoms with van der Waals surface area (Å²) in [6.45, 7) is 4.87. The van der Waals surface area contributed by atoms with Crippen molar-refractivity contribution in [1.82, 2.24) is 9.97 Å². The van der Waals surface area contributed by atoms with Crippen molar-refractivity contribution in [2.75, 3.05) is 30.0 Å². The number of rotatable bonds is 6. The molecule has 1 aliphatic heterocycles. The average Bonchev–Trinajstić information content (AvgIpc) is 2.90. The number of anilines is 3. The molecule has 0 saturated carbocycles. The van der Waals surface area contributed by atoms with Crippen molar-refractivity contribution in [3.05, 3.63) is 72.2 Å². The summed E-state index contributed by atoms with van der Waals surface area (Å²) in [6.07, 6.45) is 11.8. The summed E-state index contributed by atoms with van der Waals surface area (Å²) in [5.74, 6) is 4.45. The van der Waals surface area contributed by atoms with Crippen molar-refractivity contribution in [1.29, 1.82) is 0 Å². The number of methoxy groups -OCH3 is 1. The van der Waals surface area contributed by atoms with Crippen LogP contribution in [0.3, 0.4) is 0 Å². The first-order chi connectivity index (χ1) is 17.0. The van der Waals surface area contributed by atoms with Crippen LogP contribution in [0.25, 0.3) is 0 Å². The van der Waals surface area contributed by atoms with Crippen LogP contribution in [0.5, 0.6) is 5.75 Å². The van der Waals surface area contributed by atoms with Crippen molar-refractivity contribution >= 4 is 17.2 Å². The maximum absolute atomic E-state index is 10.3. The smallest absolute Gasteiger partial charge is 0.235 e. The highest BCUT2D eigenvalue weighted by atomic mass is 19.3. The second-order valence-corrected chi connectivity index (χ2v) is 8.22. The van der Waals surface area contributed by atoms with Gasteiger partial charge in [0.15, 0.2) is 0 Å². The van der Waals surface area contributed by atoms with Gasteiger partial charge in [0.25, 0.3) is 0 Å². The first-order valence-corrected chi connectivity index (χ1v) is 11.8. The number of benzene rings is 1. The number of hydrogen-bond acceptors (Lipinski definition) is 5. The van der Waals surface area contributed by atoms with Crippen LogP contribution in [0.15, 0.2) is 61.1 Å². The summed E-state index contributed by atoms with van der Waals surface area (Å²) in [7, 11) is 1.71. The first kappa shape index (κ1) is 26.0. The summed E-state index contributed by atoms with van der Waals surface area (Å²) >= 11 is 0. The van der Waals surface area contributed by atoms with Gasteiger partial charge in [-0.2, -0.15) is 0 Å². The number of pyridine rings is 2. The van der Waals surface area contributed by atoms with Crippen molar-refractivity contribution in [2.24, 2.45) is 0 Å². The van der Waals surface area contributed by atoms with Crippen LogP contribution in [-0.2, 0) is 6.42 Å². The third-order valence-corrected chi connectivity index (χ3v) is 5.93.